The van der Waals surface area contributed by atoms with Crippen molar-refractivity contribution in [3.63, 3.8) is 0 Å². The lowest BCUT2D eigenvalue weighted by molar-refractivity contribution is -0.140. The number of benzene rings is 2. The van der Waals surface area contributed by atoms with E-state index in [1.54, 1.807) is 46.9 Å². The maximum atomic E-state index is 12.2. The second-order valence-electron chi connectivity index (χ2n) is 9.02. The largest absolute Gasteiger partial charge is 0.493 e. The number of hydrogen-bond donors (Lipinski definition) is 0. The first-order chi connectivity index (χ1) is 16.7. The molecule has 0 aromatic heterocycles. The highest BCUT2D eigenvalue weighted by Crippen LogP contribution is 2.30. The average molecular weight is 486 g/mol. The third-order valence-corrected chi connectivity index (χ3v) is 5.36. The number of carbonyl (C=O) groups excluding carboxylic acids is 2. The fourth-order valence-electron chi connectivity index (χ4n) is 3.29. The Hall–Kier alpha value is -3.06. The van der Waals surface area contributed by atoms with E-state index in [4.69, 9.17) is 18.9 Å². The van der Waals surface area contributed by atoms with Crippen molar-refractivity contribution in [1.29, 1.82) is 0 Å². The Morgan fingerprint density at radius 1 is 0.800 bits per heavy atom. The molecule has 192 valence electrons. The van der Waals surface area contributed by atoms with Crippen LogP contribution in [0.15, 0.2) is 42.5 Å². The highest BCUT2D eigenvalue weighted by Gasteiger charge is 2.18. The number of nitrogens with zero attached hydrogens (tertiary/aromatic N) is 1. The Kier molecular flexibility index (Phi) is 11.6. The molecule has 0 spiro atoms. The molecule has 2 aromatic rings. The van der Waals surface area contributed by atoms with Crippen LogP contribution in [-0.2, 0) is 16.0 Å². The average Bonchev–Trinajstić information content (AvgIpc) is 2.83. The number of rotatable bonds is 14. The van der Waals surface area contributed by atoms with Crippen molar-refractivity contribution in [3.05, 3.63) is 48.0 Å². The van der Waals surface area contributed by atoms with Crippen LogP contribution in [0.4, 0.5) is 0 Å². The SMILES string of the molecule is CCCN(CCOc1ccccc1OC)CCc1ccc(OC(=O)C(C)C)c(OC(=O)C(C)C)c1. The minimum absolute atomic E-state index is 0.261. The Bertz CT molecular complexity index is 956. The Balaban J connectivity index is 2.05. The van der Waals surface area contributed by atoms with E-state index in [1.165, 1.54) is 0 Å². The zero-order valence-corrected chi connectivity index (χ0v) is 21.8. The maximum Gasteiger partial charge on any atom is 0.313 e. The normalized spacial score (nSPS) is 11.1. The molecule has 0 N–H and O–H groups in total. The summed E-state index contributed by atoms with van der Waals surface area (Å²) in [5.74, 6) is 0.660. The first-order valence-electron chi connectivity index (χ1n) is 12.3. The molecule has 0 aliphatic heterocycles. The molecular weight excluding hydrogens is 446 g/mol. The number of ether oxygens (including phenoxy) is 4. The van der Waals surface area contributed by atoms with E-state index in [2.05, 4.69) is 11.8 Å². The first-order valence-corrected chi connectivity index (χ1v) is 12.3. The monoisotopic (exact) mass is 485 g/mol. The molecule has 0 bridgehead atoms. The van der Waals surface area contributed by atoms with Gasteiger partial charge in [-0.05, 0) is 49.2 Å². The fourth-order valence-corrected chi connectivity index (χ4v) is 3.29. The van der Waals surface area contributed by atoms with E-state index in [-0.39, 0.29) is 35.3 Å². The van der Waals surface area contributed by atoms with Crippen LogP contribution >= 0.6 is 0 Å². The summed E-state index contributed by atoms with van der Waals surface area (Å²) >= 11 is 0. The van der Waals surface area contributed by atoms with Crippen molar-refractivity contribution < 1.29 is 28.5 Å². The van der Waals surface area contributed by atoms with Crippen molar-refractivity contribution >= 4 is 11.9 Å². The number of methoxy groups -OCH3 is 1. The van der Waals surface area contributed by atoms with Crippen molar-refractivity contribution in [2.45, 2.75) is 47.5 Å². The predicted molar refractivity (Wildman–Crippen MR) is 136 cm³/mol. The molecule has 0 unspecified atom stereocenters. The Labute approximate surface area is 209 Å². The van der Waals surface area contributed by atoms with E-state index in [0.717, 1.165) is 49.5 Å². The van der Waals surface area contributed by atoms with Gasteiger partial charge in [0.15, 0.2) is 23.0 Å². The summed E-state index contributed by atoms with van der Waals surface area (Å²) in [7, 11) is 1.63. The second-order valence-corrected chi connectivity index (χ2v) is 9.02. The van der Waals surface area contributed by atoms with Gasteiger partial charge in [0.05, 0.1) is 18.9 Å². The zero-order chi connectivity index (χ0) is 25.8. The molecule has 0 radical (unpaired) electrons. The van der Waals surface area contributed by atoms with Crippen LogP contribution in [-0.4, -0.2) is 50.2 Å². The van der Waals surface area contributed by atoms with E-state index < -0.39 is 0 Å². The standard InChI is InChI=1S/C28H39NO6/c1-7-15-29(17-18-33-24-11-9-8-10-23(24)32-6)16-14-22-12-13-25(34-27(30)20(2)3)26(19-22)35-28(31)21(4)5/h8-13,19-21H,7,14-18H2,1-6H3. The molecule has 7 heteroatoms. The molecule has 0 aliphatic carbocycles. The zero-order valence-electron chi connectivity index (χ0n) is 21.8. The van der Waals surface area contributed by atoms with Gasteiger partial charge in [-0.15, -0.1) is 0 Å². The molecule has 2 aromatic carbocycles. The van der Waals surface area contributed by atoms with E-state index >= 15 is 0 Å². The third kappa shape index (κ3) is 9.25. The van der Waals surface area contributed by atoms with Gasteiger partial charge >= 0.3 is 11.9 Å². The van der Waals surface area contributed by atoms with E-state index in [9.17, 15) is 9.59 Å². The number of para-hydroxylation sites is 2. The lowest BCUT2D eigenvalue weighted by atomic mass is 10.1. The summed E-state index contributed by atoms with van der Waals surface area (Å²) in [6.07, 6.45) is 1.77. The highest BCUT2D eigenvalue weighted by atomic mass is 16.6. The van der Waals surface area contributed by atoms with Crippen LogP contribution in [0, 0.1) is 11.8 Å². The quantitative estimate of drug-likeness (QED) is 0.271. The molecule has 35 heavy (non-hydrogen) atoms. The first kappa shape index (κ1) is 28.2. The van der Waals surface area contributed by atoms with Crippen LogP contribution in [0.3, 0.4) is 0 Å². The molecular formula is C28H39NO6. The molecule has 2 rings (SSSR count). The van der Waals surface area contributed by atoms with Crippen LogP contribution in [0.5, 0.6) is 23.0 Å². The van der Waals surface area contributed by atoms with Crippen LogP contribution in [0.2, 0.25) is 0 Å². The third-order valence-electron chi connectivity index (χ3n) is 5.36. The molecule has 0 saturated carbocycles. The van der Waals surface area contributed by atoms with Gasteiger partial charge in [-0.3, -0.25) is 14.5 Å². The van der Waals surface area contributed by atoms with Gasteiger partial charge in [-0.2, -0.15) is 0 Å². The molecule has 7 nitrogen and oxygen atoms in total. The van der Waals surface area contributed by atoms with Crippen molar-refractivity contribution in [3.8, 4) is 23.0 Å². The van der Waals surface area contributed by atoms with Gasteiger partial charge < -0.3 is 18.9 Å². The molecule has 0 amide bonds. The van der Waals surface area contributed by atoms with Crippen molar-refractivity contribution in [2.75, 3.05) is 33.4 Å². The summed E-state index contributed by atoms with van der Waals surface area (Å²) in [6, 6.07) is 13.0. The summed E-state index contributed by atoms with van der Waals surface area (Å²) in [5.41, 5.74) is 0.993. The second kappa shape index (κ2) is 14.4. The topological polar surface area (TPSA) is 74.3 Å². The van der Waals surface area contributed by atoms with Crippen LogP contribution in [0.1, 0.15) is 46.6 Å². The Morgan fingerprint density at radius 3 is 2.03 bits per heavy atom. The Morgan fingerprint density at radius 2 is 1.43 bits per heavy atom. The molecule has 0 aliphatic rings. The van der Waals surface area contributed by atoms with Crippen LogP contribution in [0.25, 0.3) is 0 Å². The minimum Gasteiger partial charge on any atom is -0.493 e. The fraction of sp³-hybridized carbons (Fsp3) is 0.500. The summed E-state index contributed by atoms with van der Waals surface area (Å²) in [6.45, 7) is 12.3. The van der Waals surface area contributed by atoms with E-state index in [1.807, 2.05) is 30.3 Å². The molecule has 0 atom stereocenters. The highest BCUT2D eigenvalue weighted by molar-refractivity contribution is 5.78. The van der Waals surface area contributed by atoms with Gasteiger partial charge in [0.1, 0.15) is 6.61 Å². The number of esters is 2. The van der Waals surface area contributed by atoms with E-state index in [0.29, 0.717) is 6.61 Å². The molecule has 0 heterocycles. The van der Waals surface area contributed by atoms with Gasteiger partial charge in [0, 0.05) is 13.1 Å². The van der Waals surface area contributed by atoms with Crippen molar-refractivity contribution in [2.24, 2.45) is 11.8 Å². The van der Waals surface area contributed by atoms with Crippen LogP contribution < -0.4 is 18.9 Å². The van der Waals surface area contributed by atoms with Crippen molar-refractivity contribution in [1.82, 2.24) is 4.90 Å². The molecule has 0 saturated heterocycles. The summed E-state index contributed by atoms with van der Waals surface area (Å²) in [5, 5.41) is 0. The van der Waals surface area contributed by atoms with Gasteiger partial charge in [-0.1, -0.05) is 52.8 Å². The van der Waals surface area contributed by atoms with Gasteiger partial charge in [0.2, 0.25) is 0 Å². The maximum absolute atomic E-state index is 12.2. The smallest absolute Gasteiger partial charge is 0.313 e. The lowest BCUT2D eigenvalue weighted by Crippen LogP contribution is -2.31. The predicted octanol–water partition coefficient (Wildman–Crippen LogP) is 5.15. The number of carbonyl (C=O) groups is 2. The lowest BCUT2D eigenvalue weighted by Gasteiger charge is -2.22. The molecule has 0 fully saturated rings. The number of hydrogen-bond acceptors (Lipinski definition) is 7. The minimum atomic E-state index is -0.372. The summed E-state index contributed by atoms with van der Waals surface area (Å²) < 4.78 is 22.3. The van der Waals surface area contributed by atoms with Gasteiger partial charge in [0.25, 0.3) is 0 Å². The summed E-state index contributed by atoms with van der Waals surface area (Å²) in [4.78, 5) is 26.7. The van der Waals surface area contributed by atoms with Gasteiger partial charge in [-0.25, -0.2) is 0 Å².